The van der Waals surface area contributed by atoms with Gasteiger partial charge in [0.25, 0.3) is 0 Å². The molecule has 1 fully saturated rings. The molecule has 1 N–H and O–H groups in total. The largest absolute Gasteiger partial charge is 0.484 e. The van der Waals surface area contributed by atoms with Gasteiger partial charge in [-0.05, 0) is 45.0 Å². The van der Waals surface area contributed by atoms with E-state index in [2.05, 4.69) is 17.3 Å². The average molecular weight is 293 g/mol. The smallest absolute Gasteiger partial charge is 0.311 e. The summed E-state index contributed by atoms with van der Waals surface area (Å²) < 4.78 is 5.65. The number of nitro benzene ring substituents is 1. The molecule has 6 heteroatoms. The summed E-state index contributed by atoms with van der Waals surface area (Å²) in [7, 11) is 2.08. The second kappa shape index (κ2) is 6.41. The van der Waals surface area contributed by atoms with Gasteiger partial charge in [0, 0.05) is 31.7 Å². The molecule has 2 rings (SSSR count). The van der Waals surface area contributed by atoms with Gasteiger partial charge in [0.05, 0.1) is 11.0 Å². The third kappa shape index (κ3) is 3.51. The molecule has 0 bridgehead atoms. The minimum Gasteiger partial charge on any atom is -0.484 e. The maximum atomic E-state index is 11.2. The van der Waals surface area contributed by atoms with E-state index in [1.807, 2.05) is 26.8 Å². The molecule has 1 saturated heterocycles. The number of nitrogens with one attached hydrogen (secondary N) is 1. The molecular formula is C15H23N3O3. The third-order valence-corrected chi connectivity index (χ3v) is 3.78. The van der Waals surface area contributed by atoms with Gasteiger partial charge in [-0.15, -0.1) is 0 Å². The first kappa shape index (κ1) is 15.7. The van der Waals surface area contributed by atoms with Gasteiger partial charge < -0.3 is 10.1 Å². The fourth-order valence-corrected chi connectivity index (χ4v) is 2.69. The molecular weight excluding hydrogens is 270 g/mol. The van der Waals surface area contributed by atoms with Crippen LogP contribution in [0.4, 0.5) is 5.69 Å². The van der Waals surface area contributed by atoms with Crippen molar-refractivity contribution in [1.82, 2.24) is 10.2 Å². The first-order valence-electron chi connectivity index (χ1n) is 7.26. The molecule has 1 aliphatic rings. The molecule has 0 amide bonds. The highest BCUT2D eigenvalue weighted by Crippen LogP contribution is 2.35. The Morgan fingerprint density at radius 1 is 1.48 bits per heavy atom. The molecule has 21 heavy (non-hydrogen) atoms. The molecule has 0 radical (unpaired) electrons. The van der Waals surface area contributed by atoms with Crippen molar-refractivity contribution in [2.24, 2.45) is 0 Å². The van der Waals surface area contributed by atoms with E-state index in [1.165, 1.54) is 0 Å². The van der Waals surface area contributed by atoms with Crippen LogP contribution in [0.15, 0.2) is 12.1 Å². The predicted octanol–water partition coefficient (Wildman–Crippen LogP) is 2.27. The molecule has 6 nitrogen and oxygen atoms in total. The van der Waals surface area contributed by atoms with E-state index in [9.17, 15) is 10.1 Å². The minimum atomic E-state index is -0.378. The maximum Gasteiger partial charge on any atom is 0.311 e. The van der Waals surface area contributed by atoms with Crippen LogP contribution in [0.5, 0.6) is 5.75 Å². The summed E-state index contributed by atoms with van der Waals surface area (Å²) in [6.07, 6.45) is -0.0959. The minimum absolute atomic E-state index is 0.0383. The number of rotatable bonds is 4. The first-order valence-corrected chi connectivity index (χ1v) is 7.26. The monoisotopic (exact) mass is 293 g/mol. The molecule has 1 heterocycles. The molecule has 1 aliphatic heterocycles. The topological polar surface area (TPSA) is 67.6 Å². The lowest BCUT2D eigenvalue weighted by Crippen LogP contribution is -2.44. The van der Waals surface area contributed by atoms with Crippen molar-refractivity contribution in [2.45, 2.75) is 32.9 Å². The Morgan fingerprint density at radius 2 is 2.19 bits per heavy atom. The summed E-state index contributed by atoms with van der Waals surface area (Å²) >= 11 is 0. The summed E-state index contributed by atoms with van der Waals surface area (Å²) in [5.74, 6) is 0.356. The molecule has 0 aliphatic carbocycles. The zero-order valence-corrected chi connectivity index (χ0v) is 13.0. The fraction of sp³-hybridized carbons (Fsp3) is 0.600. The van der Waals surface area contributed by atoms with Crippen molar-refractivity contribution in [2.75, 3.05) is 26.7 Å². The maximum absolute atomic E-state index is 11.2. The van der Waals surface area contributed by atoms with Gasteiger partial charge in [-0.2, -0.15) is 0 Å². The Bertz CT molecular complexity index is 531. The van der Waals surface area contributed by atoms with E-state index in [0.29, 0.717) is 5.75 Å². The van der Waals surface area contributed by atoms with Gasteiger partial charge in [0.2, 0.25) is 0 Å². The van der Waals surface area contributed by atoms with Gasteiger partial charge in [-0.3, -0.25) is 15.0 Å². The van der Waals surface area contributed by atoms with Gasteiger partial charge in [-0.1, -0.05) is 0 Å². The predicted molar refractivity (Wildman–Crippen MR) is 81.8 cm³/mol. The third-order valence-electron chi connectivity index (χ3n) is 3.78. The molecule has 1 aromatic carbocycles. The standard InChI is InChI=1S/C15H23N3O3/c1-10(2)21-15-8-12(11(3)7-13(15)18(19)20)14-9-16-5-6-17(14)4/h7-8,10,14,16H,5-6,9H2,1-4H3. The Balaban J connectivity index is 2.44. The van der Waals surface area contributed by atoms with Crippen LogP contribution >= 0.6 is 0 Å². The molecule has 0 aromatic heterocycles. The highest BCUT2D eigenvalue weighted by atomic mass is 16.6. The van der Waals surface area contributed by atoms with Gasteiger partial charge >= 0.3 is 5.69 Å². The second-order valence-electron chi connectivity index (χ2n) is 5.80. The van der Waals surface area contributed by atoms with Crippen LogP contribution in [0.25, 0.3) is 0 Å². The zero-order chi connectivity index (χ0) is 15.6. The Kier molecular flexibility index (Phi) is 4.80. The molecule has 1 aromatic rings. The number of hydrogen-bond donors (Lipinski definition) is 1. The van der Waals surface area contributed by atoms with Crippen molar-refractivity contribution in [3.05, 3.63) is 33.4 Å². The van der Waals surface area contributed by atoms with Gasteiger partial charge in [0.15, 0.2) is 5.75 Å². The van der Waals surface area contributed by atoms with Crippen molar-refractivity contribution in [3.8, 4) is 5.75 Å². The number of aryl methyl sites for hydroxylation is 1. The van der Waals surface area contributed by atoms with Crippen molar-refractivity contribution in [3.63, 3.8) is 0 Å². The number of nitro groups is 1. The Labute approximate surface area is 125 Å². The lowest BCUT2D eigenvalue weighted by molar-refractivity contribution is -0.386. The van der Waals surface area contributed by atoms with E-state index in [-0.39, 0.29) is 22.8 Å². The molecule has 0 spiro atoms. The van der Waals surface area contributed by atoms with Crippen LogP contribution in [0, 0.1) is 17.0 Å². The van der Waals surface area contributed by atoms with Crippen LogP contribution in [-0.2, 0) is 0 Å². The lowest BCUT2D eigenvalue weighted by atomic mass is 9.97. The number of ether oxygens (including phenoxy) is 1. The SMILES string of the molecule is Cc1cc([N+](=O)[O-])c(OC(C)C)cc1C1CNCCN1C. The van der Waals surface area contributed by atoms with Crippen LogP contribution in [0.1, 0.15) is 31.0 Å². The van der Waals surface area contributed by atoms with E-state index in [1.54, 1.807) is 6.07 Å². The number of piperazine rings is 1. The molecule has 0 saturated carbocycles. The van der Waals surface area contributed by atoms with Gasteiger partial charge in [0.1, 0.15) is 0 Å². The summed E-state index contributed by atoms with van der Waals surface area (Å²) in [4.78, 5) is 13.1. The van der Waals surface area contributed by atoms with Crippen LogP contribution in [0.2, 0.25) is 0 Å². The second-order valence-corrected chi connectivity index (χ2v) is 5.80. The fourth-order valence-electron chi connectivity index (χ4n) is 2.69. The summed E-state index contributed by atoms with van der Waals surface area (Å²) in [5, 5.41) is 14.6. The van der Waals surface area contributed by atoms with E-state index >= 15 is 0 Å². The zero-order valence-electron chi connectivity index (χ0n) is 13.0. The summed E-state index contributed by atoms with van der Waals surface area (Å²) in [6, 6.07) is 3.67. The molecule has 1 atom stereocenters. The summed E-state index contributed by atoms with van der Waals surface area (Å²) in [5.41, 5.74) is 2.06. The highest BCUT2D eigenvalue weighted by molar-refractivity contribution is 5.53. The summed E-state index contributed by atoms with van der Waals surface area (Å²) in [6.45, 7) is 8.44. The number of benzene rings is 1. The van der Waals surface area contributed by atoms with Crippen molar-refractivity contribution >= 4 is 5.69 Å². The quantitative estimate of drug-likeness (QED) is 0.681. The van der Waals surface area contributed by atoms with Crippen LogP contribution in [0.3, 0.4) is 0 Å². The normalized spacial score (nSPS) is 19.8. The van der Waals surface area contributed by atoms with E-state index in [4.69, 9.17) is 4.74 Å². The lowest BCUT2D eigenvalue weighted by Gasteiger charge is -2.34. The van der Waals surface area contributed by atoms with Crippen molar-refractivity contribution in [1.29, 1.82) is 0 Å². The average Bonchev–Trinajstić information content (AvgIpc) is 2.40. The van der Waals surface area contributed by atoms with Crippen LogP contribution < -0.4 is 10.1 Å². The first-order chi connectivity index (χ1) is 9.90. The molecule has 116 valence electrons. The van der Waals surface area contributed by atoms with Gasteiger partial charge in [-0.25, -0.2) is 0 Å². The van der Waals surface area contributed by atoms with Crippen molar-refractivity contribution < 1.29 is 9.66 Å². The number of hydrogen-bond acceptors (Lipinski definition) is 5. The Morgan fingerprint density at radius 3 is 2.76 bits per heavy atom. The highest BCUT2D eigenvalue weighted by Gasteiger charge is 2.26. The van der Waals surface area contributed by atoms with Crippen LogP contribution in [-0.4, -0.2) is 42.6 Å². The molecule has 1 unspecified atom stereocenters. The number of nitrogens with zero attached hydrogens (tertiary/aromatic N) is 2. The van der Waals surface area contributed by atoms with E-state index < -0.39 is 0 Å². The number of likely N-dealkylation sites (N-methyl/N-ethyl adjacent to an activating group) is 1. The van der Waals surface area contributed by atoms with E-state index in [0.717, 1.165) is 30.8 Å². The Hall–Kier alpha value is -1.66.